The summed E-state index contributed by atoms with van der Waals surface area (Å²) in [6.45, 7) is 2.07. The first kappa shape index (κ1) is 22.8. The molecule has 2 N–H and O–H groups in total. The van der Waals surface area contributed by atoms with Crippen LogP contribution in [0.5, 0.6) is 6.01 Å². The average molecular weight is 472 g/mol. The standard InChI is InChI=1S/C27H29N5O3/c1-17-3-12-24-23(13-17)31-26(32(24)2)30-21-8-6-19(7-9-21)20-15-28-27(29-16-20)35-22-10-4-18(5-11-22)14-25(33)34/h3,6-9,12-13,15-16,18,22H,4-5,10-11,14H2,1-2H3,(H,30,31)(H,33,34). The van der Waals surface area contributed by atoms with Crippen molar-refractivity contribution in [1.82, 2.24) is 19.5 Å². The highest BCUT2D eigenvalue weighted by molar-refractivity contribution is 5.80. The molecular formula is C27H29N5O3. The molecule has 0 bridgehead atoms. The van der Waals surface area contributed by atoms with Gasteiger partial charge in [0.2, 0.25) is 5.95 Å². The van der Waals surface area contributed by atoms with Gasteiger partial charge in [0.25, 0.3) is 0 Å². The molecule has 8 heteroatoms. The van der Waals surface area contributed by atoms with E-state index >= 15 is 0 Å². The van der Waals surface area contributed by atoms with E-state index < -0.39 is 5.97 Å². The fourth-order valence-electron chi connectivity index (χ4n) is 4.67. The molecule has 4 aromatic rings. The Morgan fingerprint density at radius 3 is 2.46 bits per heavy atom. The van der Waals surface area contributed by atoms with Crippen molar-refractivity contribution in [2.45, 2.75) is 45.1 Å². The van der Waals surface area contributed by atoms with E-state index in [1.54, 1.807) is 12.4 Å². The lowest BCUT2D eigenvalue weighted by Gasteiger charge is -2.27. The number of aryl methyl sites for hydroxylation is 2. The van der Waals surface area contributed by atoms with Gasteiger partial charge in [-0.2, -0.15) is 0 Å². The van der Waals surface area contributed by atoms with Crippen molar-refractivity contribution in [3.05, 3.63) is 60.4 Å². The molecule has 0 aliphatic heterocycles. The third-order valence-electron chi connectivity index (χ3n) is 6.67. The lowest BCUT2D eigenvalue weighted by atomic mass is 9.85. The second-order valence-electron chi connectivity index (χ2n) is 9.30. The monoisotopic (exact) mass is 471 g/mol. The minimum atomic E-state index is -0.725. The summed E-state index contributed by atoms with van der Waals surface area (Å²) in [5, 5.41) is 12.4. The summed E-state index contributed by atoms with van der Waals surface area (Å²) in [5.74, 6) is 0.311. The zero-order valence-electron chi connectivity index (χ0n) is 19.9. The number of benzene rings is 2. The van der Waals surface area contributed by atoms with Crippen LogP contribution in [-0.4, -0.2) is 36.7 Å². The Morgan fingerprint density at radius 1 is 1.06 bits per heavy atom. The predicted molar refractivity (Wildman–Crippen MR) is 135 cm³/mol. The number of imidazole rings is 1. The van der Waals surface area contributed by atoms with Crippen LogP contribution in [0.25, 0.3) is 22.2 Å². The van der Waals surface area contributed by atoms with Crippen molar-refractivity contribution in [2.75, 3.05) is 5.32 Å². The van der Waals surface area contributed by atoms with Crippen molar-refractivity contribution in [2.24, 2.45) is 13.0 Å². The maximum Gasteiger partial charge on any atom is 0.316 e. The summed E-state index contributed by atoms with van der Waals surface area (Å²) in [6.07, 6.45) is 7.23. The van der Waals surface area contributed by atoms with Crippen LogP contribution in [0.2, 0.25) is 0 Å². The van der Waals surface area contributed by atoms with Crippen LogP contribution in [-0.2, 0) is 11.8 Å². The Morgan fingerprint density at radius 2 is 1.77 bits per heavy atom. The number of carboxylic acids is 1. The molecule has 2 aromatic carbocycles. The molecular weight excluding hydrogens is 442 g/mol. The highest BCUT2D eigenvalue weighted by atomic mass is 16.5. The number of carboxylic acid groups (broad SMARTS) is 1. The van der Waals surface area contributed by atoms with Gasteiger partial charge >= 0.3 is 12.0 Å². The van der Waals surface area contributed by atoms with E-state index in [1.165, 1.54) is 5.56 Å². The Bertz CT molecular complexity index is 1320. The summed E-state index contributed by atoms with van der Waals surface area (Å²) < 4.78 is 7.99. The molecule has 2 aromatic heterocycles. The van der Waals surface area contributed by atoms with Crippen molar-refractivity contribution in [3.8, 4) is 17.1 Å². The molecule has 5 rings (SSSR count). The average Bonchev–Trinajstić information content (AvgIpc) is 3.15. The quantitative estimate of drug-likeness (QED) is 0.367. The minimum absolute atomic E-state index is 0.0444. The third kappa shape index (κ3) is 5.26. The molecule has 2 heterocycles. The number of hydrogen-bond acceptors (Lipinski definition) is 6. The van der Waals surface area contributed by atoms with Gasteiger partial charge in [-0.1, -0.05) is 18.2 Å². The first-order chi connectivity index (χ1) is 16.9. The first-order valence-electron chi connectivity index (χ1n) is 12.0. The molecule has 1 fully saturated rings. The summed E-state index contributed by atoms with van der Waals surface area (Å²) >= 11 is 0. The van der Waals surface area contributed by atoms with Crippen LogP contribution in [0.15, 0.2) is 54.9 Å². The fraction of sp³-hybridized carbons (Fsp3) is 0.333. The topological polar surface area (TPSA) is 102 Å². The molecule has 1 aliphatic carbocycles. The number of carbonyl (C=O) groups is 1. The van der Waals surface area contributed by atoms with Gasteiger partial charge in [-0.25, -0.2) is 15.0 Å². The van der Waals surface area contributed by atoms with E-state index in [1.807, 2.05) is 35.9 Å². The molecule has 0 radical (unpaired) electrons. The van der Waals surface area contributed by atoms with E-state index in [4.69, 9.17) is 14.8 Å². The van der Waals surface area contributed by atoms with Crippen LogP contribution in [0.3, 0.4) is 0 Å². The summed E-state index contributed by atoms with van der Waals surface area (Å²) in [6, 6.07) is 14.7. The number of aliphatic carboxylic acids is 1. The second-order valence-corrected chi connectivity index (χ2v) is 9.30. The van der Waals surface area contributed by atoms with E-state index in [9.17, 15) is 4.79 Å². The van der Waals surface area contributed by atoms with Gasteiger partial charge in [0.05, 0.1) is 11.0 Å². The second kappa shape index (κ2) is 9.74. The Labute approximate surface area is 204 Å². The summed E-state index contributed by atoms with van der Waals surface area (Å²) in [4.78, 5) is 24.4. The van der Waals surface area contributed by atoms with Crippen LogP contribution < -0.4 is 10.1 Å². The highest BCUT2D eigenvalue weighted by Gasteiger charge is 2.24. The highest BCUT2D eigenvalue weighted by Crippen LogP contribution is 2.29. The van der Waals surface area contributed by atoms with Gasteiger partial charge in [-0.15, -0.1) is 0 Å². The maximum absolute atomic E-state index is 10.9. The van der Waals surface area contributed by atoms with E-state index in [0.717, 1.165) is 59.5 Å². The zero-order chi connectivity index (χ0) is 24.4. The molecule has 1 saturated carbocycles. The van der Waals surface area contributed by atoms with Gasteiger partial charge in [-0.3, -0.25) is 4.79 Å². The van der Waals surface area contributed by atoms with Gasteiger partial charge in [-0.05, 0) is 73.9 Å². The molecule has 35 heavy (non-hydrogen) atoms. The Balaban J connectivity index is 1.20. The minimum Gasteiger partial charge on any atom is -0.481 e. The smallest absolute Gasteiger partial charge is 0.316 e. The molecule has 0 spiro atoms. The van der Waals surface area contributed by atoms with Crippen LogP contribution >= 0.6 is 0 Å². The van der Waals surface area contributed by atoms with Crippen molar-refractivity contribution in [1.29, 1.82) is 0 Å². The Kier molecular flexibility index (Phi) is 6.35. The largest absolute Gasteiger partial charge is 0.481 e. The molecule has 8 nitrogen and oxygen atoms in total. The number of anilines is 2. The molecule has 180 valence electrons. The van der Waals surface area contributed by atoms with Gasteiger partial charge in [0, 0.05) is 37.1 Å². The third-order valence-corrected chi connectivity index (χ3v) is 6.67. The summed E-state index contributed by atoms with van der Waals surface area (Å²) in [7, 11) is 2.00. The lowest BCUT2D eigenvalue weighted by molar-refractivity contribution is -0.138. The van der Waals surface area contributed by atoms with Gasteiger partial charge in [0.15, 0.2) is 0 Å². The van der Waals surface area contributed by atoms with E-state index in [0.29, 0.717) is 6.01 Å². The lowest BCUT2D eigenvalue weighted by Crippen LogP contribution is -2.25. The number of rotatable bonds is 7. The molecule has 0 atom stereocenters. The first-order valence-corrected chi connectivity index (χ1v) is 12.0. The molecule has 0 saturated heterocycles. The zero-order valence-corrected chi connectivity index (χ0v) is 19.9. The van der Waals surface area contributed by atoms with E-state index in [2.05, 4.69) is 40.4 Å². The number of nitrogens with zero attached hydrogens (tertiary/aromatic N) is 4. The number of fused-ring (bicyclic) bond motifs is 1. The number of hydrogen-bond donors (Lipinski definition) is 2. The maximum atomic E-state index is 10.9. The van der Waals surface area contributed by atoms with Crippen molar-refractivity contribution >= 4 is 28.6 Å². The Hall–Kier alpha value is -3.94. The molecule has 0 unspecified atom stereocenters. The number of nitrogens with one attached hydrogen (secondary N) is 1. The van der Waals surface area contributed by atoms with Gasteiger partial charge < -0.3 is 19.7 Å². The van der Waals surface area contributed by atoms with Gasteiger partial charge in [0.1, 0.15) is 6.10 Å². The van der Waals surface area contributed by atoms with Crippen LogP contribution in [0.4, 0.5) is 11.6 Å². The van der Waals surface area contributed by atoms with Crippen LogP contribution in [0, 0.1) is 12.8 Å². The summed E-state index contributed by atoms with van der Waals surface area (Å²) in [5.41, 5.74) is 6.11. The fourth-order valence-corrected chi connectivity index (χ4v) is 4.67. The van der Waals surface area contributed by atoms with Crippen LogP contribution in [0.1, 0.15) is 37.7 Å². The molecule has 0 amide bonds. The normalized spacial score (nSPS) is 17.9. The molecule has 1 aliphatic rings. The van der Waals surface area contributed by atoms with E-state index in [-0.39, 0.29) is 18.4 Å². The van der Waals surface area contributed by atoms with Crippen molar-refractivity contribution in [3.63, 3.8) is 0 Å². The van der Waals surface area contributed by atoms with Crippen molar-refractivity contribution < 1.29 is 14.6 Å². The SMILES string of the molecule is Cc1ccc2c(c1)nc(Nc1ccc(-c3cnc(OC4CCC(CC(=O)O)CC4)nc3)cc1)n2C. The predicted octanol–water partition coefficient (Wildman–Crippen LogP) is 5.49. The number of aromatic nitrogens is 4. The number of ether oxygens (including phenoxy) is 1.